The summed E-state index contributed by atoms with van der Waals surface area (Å²) in [5.41, 5.74) is 0.298. The highest BCUT2D eigenvalue weighted by molar-refractivity contribution is 5.78. The van der Waals surface area contributed by atoms with E-state index in [-0.39, 0.29) is 0 Å². The van der Waals surface area contributed by atoms with Gasteiger partial charge in [0.2, 0.25) is 0 Å². The van der Waals surface area contributed by atoms with E-state index < -0.39 is 29.8 Å². The molecule has 1 aromatic carbocycles. The number of rotatable bonds is 5. The maximum atomic E-state index is 12.7. The average Bonchev–Trinajstić information content (AvgIpc) is 2.26. The van der Waals surface area contributed by atoms with Crippen molar-refractivity contribution in [2.24, 2.45) is 0 Å². The van der Waals surface area contributed by atoms with Gasteiger partial charge in [0.25, 0.3) is 0 Å². The smallest absolute Gasteiger partial charge is 0.325 e. The molecule has 0 spiro atoms. The molecule has 0 radical (unpaired) electrons. The van der Waals surface area contributed by atoms with Crippen LogP contribution >= 0.6 is 0 Å². The SMILES string of the molecule is CC(NC(C(=O)O)c1ccc(F)cc1)C(=O)O. The maximum Gasteiger partial charge on any atom is 0.325 e. The predicted octanol–water partition coefficient (Wildman–Crippen LogP) is 1.01. The van der Waals surface area contributed by atoms with Gasteiger partial charge >= 0.3 is 11.9 Å². The van der Waals surface area contributed by atoms with Gasteiger partial charge in [0.05, 0.1) is 0 Å². The topological polar surface area (TPSA) is 86.6 Å². The van der Waals surface area contributed by atoms with Gasteiger partial charge in [-0.3, -0.25) is 14.9 Å². The predicted molar refractivity (Wildman–Crippen MR) is 57.0 cm³/mol. The Balaban J connectivity index is 2.90. The molecule has 5 nitrogen and oxygen atoms in total. The number of halogens is 1. The van der Waals surface area contributed by atoms with E-state index in [4.69, 9.17) is 10.2 Å². The third-order valence-electron chi connectivity index (χ3n) is 2.24. The van der Waals surface area contributed by atoms with Crippen LogP contribution in [-0.2, 0) is 9.59 Å². The van der Waals surface area contributed by atoms with Crippen molar-refractivity contribution >= 4 is 11.9 Å². The molecule has 0 heterocycles. The number of benzene rings is 1. The molecule has 0 aliphatic rings. The molecular weight excluding hydrogens is 229 g/mol. The first kappa shape index (κ1) is 13.1. The minimum absolute atomic E-state index is 0.298. The van der Waals surface area contributed by atoms with Gasteiger partial charge in [-0.1, -0.05) is 12.1 Å². The van der Waals surface area contributed by atoms with Crippen LogP contribution < -0.4 is 5.32 Å². The van der Waals surface area contributed by atoms with Gasteiger partial charge in [0.1, 0.15) is 17.9 Å². The minimum atomic E-state index is -1.22. The van der Waals surface area contributed by atoms with Gasteiger partial charge < -0.3 is 10.2 Å². The molecule has 0 bridgehead atoms. The Kier molecular flexibility index (Phi) is 4.17. The van der Waals surface area contributed by atoms with Crippen LogP contribution in [-0.4, -0.2) is 28.2 Å². The highest BCUT2D eigenvalue weighted by Crippen LogP contribution is 2.14. The lowest BCUT2D eigenvalue weighted by Crippen LogP contribution is -2.40. The zero-order chi connectivity index (χ0) is 13.0. The molecule has 1 rings (SSSR count). The Morgan fingerprint density at radius 1 is 1.18 bits per heavy atom. The van der Waals surface area contributed by atoms with E-state index in [1.165, 1.54) is 19.1 Å². The zero-order valence-corrected chi connectivity index (χ0v) is 9.05. The number of hydrogen-bond acceptors (Lipinski definition) is 3. The summed E-state index contributed by atoms with van der Waals surface area (Å²) in [4.78, 5) is 21.6. The van der Waals surface area contributed by atoms with E-state index in [9.17, 15) is 14.0 Å². The Morgan fingerprint density at radius 2 is 1.71 bits per heavy atom. The lowest BCUT2D eigenvalue weighted by atomic mass is 10.1. The molecule has 0 amide bonds. The summed E-state index contributed by atoms with van der Waals surface area (Å²) < 4.78 is 12.7. The molecule has 0 fully saturated rings. The van der Waals surface area contributed by atoms with Crippen molar-refractivity contribution in [3.63, 3.8) is 0 Å². The van der Waals surface area contributed by atoms with Crippen LogP contribution in [0.4, 0.5) is 4.39 Å². The van der Waals surface area contributed by atoms with Crippen LogP contribution in [0.1, 0.15) is 18.5 Å². The molecule has 2 unspecified atom stereocenters. The van der Waals surface area contributed by atoms with Crippen LogP contribution in [0.5, 0.6) is 0 Å². The van der Waals surface area contributed by atoms with Gasteiger partial charge in [-0.25, -0.2) is 4.39 Å². The Morgan fingerprint density at radius 3 is 2.12 bits per heavy atom. The lowest BCUT2D eigenvalue weighted by molar-refractivity contribution is -0.142. The van der Waals surface area contributed by atoms with Gasteiger partial charge in [0.15, 0.2) is 0 Å². The van der Waals surface area contributed by atoms with Crippen molar-refractivity contribution < 1.29 is 24.2 Å². The molecule has 6 heteroatoms. The normalized spacial score (nSPS) is 14.0. The van der Waals surface area contributed by atoms with Crippen molar-refractivity contribution in [2.45, 2.75) is 19.0 Å². The standard InChI is InChI=1S/C11H12FNO4/c1-6(10(14)15)13-9(11(16)17)7-2-4-8(12)5-3-7/h2-6,9,13H,1H3,(H,14,15)(H,16,17). The van der Waals surface area contributed by atoms with Crippen LogP contribution in [0.15, 0.2) is 24.3 Å². The summed E-state index contributed by atoms with van der Waals surface area (Å²) in [5.74, 6) is -2.85. The second-order valence-corrected chi connectivity index (χ2v) is 3.55. The first-order valence-electron chi connectivity index (χ1n) is 4.89. The Hall–Kier alpha value is -1.95. The molecule has 3 N–H and O–H groups in total. The first-order valence-corrected chi connectivity index (χ1v) is 4.89. The number of carbonyl (C=O) groups is 2. The minimum Gasteiger partial charge on any atom is -0.480 e. The van der Waals surface area contributed by atoms with E-state index in [1.54, 1.807) is 0 Å². The third-order valence-corrected chi connectivity index (χ3v) is 2.24. The van der Waals surface area contributed by atoms with Crippen molar-refractivity contribution in [1.82, 2.24) is 5.32 Å². The number of carboxylic acid groups (broad SMARTS) is 2. The van der Waals surface area contributed by atoms with E-state index in [0.29, 0.717) is 5.56 Å². The quantitative estimate of drug-likeness (QED) is 0.716. The van der Waals surface area contributed by atoms with Crippen molar-refractivity contribution in [3.05, 3.63) is 35.6 Å². The van der Waals surface area contributed by atoms with E-state index in [1.807, 2.05) is 0 Å². The summed E-state index contributed by atoms with van der Waals surface area (Å²) in [6.07, 6.45) is 0. The average molecular weight is 241 g/mol. The monoisotopic (exact) mass is 241 g/mol. The second-order valence-electron chi connectivity index (χ2n) is 3.55. The van der Waals surface area contributed by atoms with Crippen LogP contribution in [0.25, 0.3) is 0 Å². The lowest BCUT2D eigenvalue weighted by Gasteiger charge is -2.17. The fourth-order valence-electron chi connectivity index (χ4n) is 1.29. The Labute approximate surface area is 96.9 Å². The fourth-order valence-corrected chi connectivity index (χ4v) is 1.29. The summed E-state index contributed by atoms with van der Waals surface area (Å²) in [6, 6.07) is 2.66. The molecule has 2 atom stereocenters. The molecule has 17 heavy (non-hydrogen) atoms. The molecule has 0 aliphatic heterocycles. The van der Waals surface area contributed by atoms with E-state index in [0.717, 1.165) is 12.1 Å². The zero-order valence-electron chi connectivity index (χ0n) is 9.05. The summed E-state index contributed by atoms with van der Waals surface area (Å²) in [7, 11) is 0. The third kappa shape index (κ3) is 3.53. The molecule has 0 saturated carbocycles. The van der Waals surface area contributed by atoms with E-state index in [2.05, 4.69) is 5.32 Å². The second kappa shape index (κ2) is 5.40. The number of hydrogen-bond donors (Lipinski definition) is 3. The molecular formula is C11H12FNO4. The Bertz CT molecular complexity index is 418. The highest BCUT2D eigenvalue weighted by atomic mass is 19.1. The largest absolute Gasteiger partial charge is 0.480 e. The van der Waals surface area contributed by atoms with Crippen molar-refractivity contribution in [1.29, 1.82) is 0 Å². The van der Waals surface area contributed by atoms with Gasteiger partial charge in [-0.05, 0) is 24.6 Å². The number of carboxylic acids is 2. The summed E-state index contributed by atoms with van der Waals surface area (Å²) in [6.45, 7) is 1.34. The van der Waals surface area contributed by atoms with Crippen molar-refractivity contribution in [2.75, 3.05) is 0 Å². The fraction of sp³-hybridized carbons (Fsp3) is 0.273. The first-order chi connectivity index (χ1) is 7.91. The van der Waals surface area contributed by atoms with Crippen molar-refractivity contribution in [3.8, 4) is 0 Å². The van der Waals surface area contributed by atoms with Crippen LogP contribution in [0.3, 0.4) is 0 Å². The number of nitrogens with one attached hydrogen (secondary N) is 1. The van der Waals surface area contributed by atoms with Gasteiger partial charge in [0, 0.05) is 0 Å². The number of aliphatic carboxylic acids is 2. The van der Waals surface area contributed by atoms with Gasteiger partial charge in [-0.2, -0.15) is 0 Å². The molecule has 0 aliphatic carbocycles. The van der Waals surface area contributed by atoms with Gasteiger partial charge in [-0.15, -0.1) is 0 Å². The maximum absolute atomic E-state index is 12.7. The molecule has 0 aromatic heterocycles. The molecule has 0 saturated heterocycles. The van der Waals surface area contributed by atoms with Crippen LogP contribution in [0, 0.1) is 5.82 Å². The summed E-state index contributed by atoms with van der Waals surface area (Å²) >= 11 is 0. The summed E-state index contributed by atoms with van der Waals surface area (Å²) in [5, 5.41) is 20.1. The van der Waals surface area contributed by atoms with E-state index >= 15 is 0 Å². The molecule has 92 valence electrons. The highest BCUT2D eigenvalue weighted by Gasteiger charge is 2.24. The van der Waals surface area contributed by atoms with Crippen LogP contribution in [0.2, 0.25) is 0 Å². The molecule has 1 aromatic rings.